The van der Waals surface area contributed by atoms with Gasteiger partial charge in [0.15, 0.2) is 0 Å². The van der Waals surface area contributed by atoms with Crippen LogP contribution in [0.1, 0.15) is 12.0 Å². The third-order valence-corrected chi connectivity index (χ3v) is 5.06. The molecular formula is C20H25N3O7S. The fourth-order valence-electron chi connectivity index (χ4n) is 2.99. The van der Waals surface area contributed by atoms with Gasteiger partial charge in [-0.05, 0) is 16.3 Å². The number of carbonyl (C=O) groups is 3. The molecule has 0 fully saturated rings. The number of fused-ring (bicyclic) bond motifs is 1. The molecule has 0 spiro atoms. The molecule has 0 radical (unpaired) electrons. The Morgan fingerprint density at radius 3 is 2.35 bits per heavy atom. The molecule has 2 aromatic rings. The summed E-state index contributed by atoms with van der Waals surface area (Å²) in [6.45, 7) is 0.00217. The predicted molar refractivity (Wildman–Crippen MR) is 114 cm³/mol. The van der Waals surface area contributed by atoms with E-state index in [-0.39, 0.29) is 13.2 Å². The van der Waals surface area contributed by atoms with Crippen molar-refractivity contribution in [1.82, 2.24) is 15.4 Å². The van der Waals surface area contributed by atoms with Gasteiger partial charge in [0, 0.05) is 13.7 Å². The van der Waals surface area contributed by atoms with E-state index in [0.717, 1.165) is 22.6 Å². The highest BCUT2D eigenvalue weighted by atomic mass is 32.2. The van der Waals surface area contributed by atoms with Crippen LogP contribution in [0.4, 0.5) is 0 Å². The van der Waals surface area contributed by atoms with Gasteiger partial charge in [-0.2, -0.15) is 0 Å². The average Bonchev–Trinajstić information content (AvgIpc) is 2.69. The Bertz CT molecular complexity index is 1050. The number of carboxylic acids is 1. The molecule has 0 aliphatic heterocycles. The van der Waals surface area contributed by atoms with Gasteiger partial charge in [0.05, 0.1) is 19.3 Å². The maximum absolute atomic E-state index is 12.6. The third-order valence-electron chi connectivity index (χ3n) is 4.35. The third kappa shape index (κ3) is 7.63. The number of hydrogen-bond acceptors (Lipinski definition) is 6. The highest BCUT2D eigenvalue weighted by Gasteiger charge is 2.29. The maximum Gasteiger partial charge on any atom is 0.305 e. The van der Waals surface area contributed by atoms with Gasteiger partial charge in [0.2, 0.25) is 21.8 Å². The van der Waals surface area contributed by atoms with Gasteiger partial charge in [-0.3, -0.25) is 14.4 Å². The molecule has 4 N–H and O–H groups in total. The van der Waals surface area contributed by atoms with E-state index in [0.29, 0.717) is 0 Å². The summed E-state index contributed by atoms with van der Waals surface area (Å²) >= 11 is 0. The lowest BCUT2D eigenvalue weighted by Crippen LogP contribution is -2.55. The van der Waals surface area contributed by atoms with Crippen LogP contribution in [0.25, 0.3) is 10.8 Å². The Labute approximate surface area is 180 Å². The number of ether oxygens (including phenoxy) is 1. The van der Waals surface area contributed by atoms with Crippen LogP contribution in [-0.2, 0) is 35.7 Å². The molecule has 0 unspecified atom stereocenters. The first kappa shape index (κ1) is 24.3. The van der Waals surface area contributed by atoms with Crippen molar-refractivity contribution in [2.24, 2.45) is 0 Å². The van der Waals surface area contributed by atoms with E-state index >= 15 is 0 Å². The van der Waals surface area contributed by atoms with E-state index in [1.807, 2.05) is 47.2 Å². The number of amides is 2. The Morgan fingerprint density at radius 1 is 1.03 bits per heavy atom. The first-order valence-corrected chi connectivity index (χ1v) is 11.2. The van der Waals surface area contributed by atoms with Crippen molar-refractivity contribution < 1.29 is 32.6 Å². The molecule has 31 heavy (non-hydrogen) atoms. The standard InChI is InChI=1S/C20H25N3O7S/c1-30-12-17(22-20(27)16(10-18(24)25)23-31(2,28)29)19(26)21-11-14-8-5-7-13-6-3-4-9-15(13)14/h3-9,16-17,23H,10-12H2,1-2H3,(H,21,26)(H,22,27)(H,24,25)/t16-,17-/m0/s1. The molecule has 168 valence electrons. The van der Waals surface area contributed by atoms with Gasteiger partial charge in [0.1, 0.15) is 12.1 Å². The fraction of sp³-hybridized carbons (Fsp3) is 0.350. The van der Waals surface area contributed by atoms with Gasteiger partial charge in [-0.1, -0.05) is 42.5 Å². The minimum absolute atomic E-state index is 0.189. The lowest BCUT2D eigenvalue weighted by atomic mass is 10.0. The number of sulfonamides is 1. The van der Waals surface area contributed by atoms with Crippen LogP contribution in [0.2, 0.25) is 0 Å². The number of nitrogens with one attached hydrogen (secondary N) is 3. The lowest BCUT2D eigenvalue weighted by Gasteiger charge is -2.21. The van der Waals surface area contributed by atoms with Gasteiger partial charge in [0.25, 0.3) is 0 Å². The molecule has 10 nitrogen and oxygen atoms in total. The molecule has 2 aromatic carbocycles. The molecule has 0 aliphatic rings. The lowest BCUT2D eigenvalue weighted by molar-refractivity contribution is -0.140. The second-order valence-corrected chi connectivity index (χ2v) is 8.69. The van der Waals surface area contributed by atoms with Crippen molar-refractivity contribution in [2.75, 3.05) is 20.0 Å². The number of carboxylic acid groups (broad SMARTS) is 1. The molecule has 11 heteroatoms. The number of rotatable bonds is 11. The minimum atomic E-state index is -3.86. The highest BCUT2D eigenvalue weighted by molar-refractivity contribution is 7.88. The summed E-state index contributed by atoms with van der Waals surface area (Å²) in [5.74, 6) is -2.88. The summed E-state index contributed by atoms with van der Waals surface area (Å²) in [5, 5.41) is 16.0. The number of aliphatic carboxylic acids is 1. The number of benzene rings is 2. The number of hydrogen-bond donors (Lipinski definition) is 4. The number of methoxy groups -OCH3 is 1. The molecule has 2 rings (SSSR count). The quantitative estimate of drug-likeness (QED) is 0.375. The van der Waals surface area contributed by atoms with Crippen molar-refractivity contribution in [3.05, 3.63) is 48.0 Å². The van der Waals surface area contributed by atoms with Crippen molar-refractivity contribution in [3.8, 4) is 0 Å². The summed E-state index contributed by atoms with van der Waals surface area (Å²) in [4.78, 5) is 36.1. The van der Waals surface area contributed by atoms with E-state index in [4.69, 9.17) is 9.84 Å². The topological polar surface area (TPSA) is 151 Å². The van der Waals surface area contributed by atoms with Crippen LogP contribution in [0.15, 0.2) is 42.5 Å². The molecule has 0 saturated carbocycles. The summed E-state index contributed by atoms with van der Waals surface area (Å²) in [6.07, 6.45) is 0.0227. The van der Waals surface area contributed by atoms with Crippen molar-refractivity contribution >= 4 is 38.6 Å². The van der Waals surface area contributed by atoms with Gasteiger partial charge >= 0.3 is 5.97 Å². The minimum Gasteiger partial charge on any atom is -0.481 e. The zero-order valence-electron chi connectivity index (χ0n) is 17.1. The molecule has 2 amide bonds. The van der Waals surface area contributed by atoms with E-state index in [1.54, 1.807) is 0 Å². The van der Waals surface area contributed by atoms with Crippen LogP contribution in [0.3, 0.4) is 0 Å². The maximum atomic E-state index is 12.6. The van der Waals surface area contributed by atoms with Gasteiger partial charge < -0.3 is 20.5 Å². The molecule has 0 heterocycles. The van der Waals surface area contributed by atoms with E-state index in [2.05, 4.69) is 10.6 Å². The Morgan fingerprint density at radius 2 is 1.71 bits per heavy atom. The monoisotopic (exact) mass is 451 g/mol. The summed E-state index contributed by atoms with van der Waals surface area (Å²) in [5.41, 5.74) is 0.872. The van der Waals surface area contributed by atoms with Crippen molar-refractivity contribution in [2.45, 2.75) is 25.0 Å². The average molecular weight is 452 g/mol. The van der Waals surface area contributed by atoms with Crippen LogP contribution in [-0.4, -0.2) is 63.4 Å². The molecule has 0 aromatic heterocycles. The summed E-state index contributed by atoms with van der Waals surface area (Å²) in [6, 6.07) is 10.6. The number of carbonyl (C=O) groups excluding carboxylic acids is 2. The second-order valence-electron chi connectivity index (χ2n) is 6.91. The summed E-state index contributed by atoms with van der Waals surface area (Å²) in [7, 11) is -2.52. The van der Waals surface area contributed by atoms with Gasteiger partial charge in [-0.15, -0.1) is 0 Å². The van der Waals surface area contributed by atoms with Crippen LogP contribution in [0.5, 0.6) is 0 Å². The first-order valence-electron chi connectivity index (χ1n) is 9.33. The Kier molecular flexibility index (Phi) is 8.48. The fourth-order valence-corrected chi connectivity index (χ4v) is 3.70. The summed E-state index contributed by atoms with van der Waals surface area (Å²) < 4.78 is 29.8. The Hall–Kier alpha value is -3.02. The van der Waals surface area contributed by atoms with Crippen LogP contribution < -0.4 is 15.4 Å². The molecule has 0 bridgehead atoms. The molecule has 2 atom stereocenters. The highest BCUT2D eigenvalue weighted by Crippen LogP contribution is 2.18. The van der Waals surface area contributed by atoms with E-state index < -0.39 is 46.3 Å². The van der Waals surface area contributed by atoms with Gasteiger partial charge in [-0.25, -0.2) is 13.1 Å². The first-order chi connectivity index (χ1) is 14.6. The zero-order chi connectivity index (χ0) is 23.0. The zero-order valence-corrected chi connectivity index (χ0v) is 17.9. The van der Waals surface area contributed by atoms with Crippen molar-refractivity contribution in [1.29, 1.82) is 0 Å². The van der Waals surface area contributed by atoms with E-state index in [1.165, 1.54) is 7.11 Å². The smallest absolute Gasteiger partial charge is 0.305 e. The van der Waals surface area contributed by atoms with Crippen LogP contribution >= 0.6 is 0 Å². The molecule has 0 aliphatic carbocycles. The SMILES string of the molecule is COC[C@H](NC(=O)[C@H](CC(=O)O)NS(C)(=O)=O)C(=O)NCc1cccc2ccccc12. The predicted octanol–water partition coefficient (Wildman–Crippen LogP) is -0.0203. The molecule has 0 saturated heterocycles. The largest absolute Gasteiger partial charge is 0.481 e. The second kappa shape index (κ2) is 10.8. The van der Waals surface area contributed by atoms with Crippen molar-refractivity contribution in [3.63, 3.8) is 0 Å². The van der Waals surface area contributed by atoms with Crippen LogP contribution in [0, 0.1) is 0 Å². The normalized spacial score (nSPS) is 13.4. The molecular weight excluding hydrogens is 426 g/mol. The van der Waals surface area contributed by atoms with E-state index in [9.17, 15) is 22.8 Å². The Balaban J connectivity index is 2.09.